The van der Waals surface area contributed by atoms with Crippen LogP contribution >= 0.6 is 46.4 Å². The van der Waals surface area contributed by atoms with Gasteiger partial charge in [-0.15, -0.1) is 0 Å². The van der Waals surface area contributed by atoms with E-state index >= 15 is 0 Å². The van der Waals surface area contributed by atoms with Gasteiger partial charge in [0.2, 0.25) is 9.84 Å². The molecule has 0 bridgehead atoms. The maximum atomic E-state index is 13.1. The van der Waals surface area contributed by atoms with Gasteiger partial charge < -0.3 is 18.9 Å². The zero-order valence-electron chi connectivity index (χ0n) is 14.7. The smallest absolute Gasteiger partial charge is 0.206 e. The van der Waals surface area contributed by atoms with Gasteiger partial charge in [0.25, 0.3) is 0 Å². The fourth-order valence-corrected chi connectivity index (χ4v) is 5.29. The first-order valence-corrected chi connectivity index (χ1v) is 11.5. The monoisotopic (exact) mass is 498 g/mol. The third-order valence-corrected chi connectivity index (χ3v) is 7.03. The van der Waals surface area contributed by atoms with Gasteiger partial charge in [0.1, 0.15) is 25.4 Å². The van der Waals surface area contributed by atoms with Crippen LogP contribution in [0.15, 0.2) is 34.1 Å². The van der Waals surface area contributed by atoms with Gasteiger partial charge in [-0.05, 0) is 24.3 Å². The molecule has 2 aliphatic heterocycles. The van der Waals surface area contributed by atoms with Crippen LogP contribution in [-0.4, -0.2) is 47.1 Å². The zero-order chi connectivity index (χ0) is 20.8. The first-order chi connectivity index (χ1) is 13.8. The molecule has 6 nitrogen and oxygen atoms in total. The number of rotatable bonds is 8. The highest BCUT2D eigenvalue weighted by molar-refractivity contribution is 7.91. The van der Waals surface area contributed by atoms with Crippen molar-refractivity contribution >= 4 is 56.2 Å². The van der Waals surface area contributed by atoms with Crippen molar-refractivity contribution in [2.75, 3.05) is 26.4 Å². The molecule has 4 rings (SSSR count). The highest BCUT2D eigenvalue weighted by Gasteiger charge is 2.28. The van der Waals surface area contributed by atoms with Gasteiger partial charge in [0, 0.05) is 0 Å². The van der Waals surface area contributed by atoms with Gasteiger partial charge in [-0.1, -0.05) is 46.4 Å². The first kappa shape index (κ1) is 21.3. The number of epoxide rings is 2. The summed E-state index contributed by atoms with van der Waals surface area (Å²) in [7, 11) is -4.00. The Balaban J connectivity index is 1.61. The molecule has 29 heavy (non-hydrogen) atoms. The van der Waals surface area contributed by atoms with E-state index in [9.17, 15) is 8.42 Å². The SMILES string of the molecule is O=S(=O)(c1cc(Cl)c(OC[C@@H]2CO2)c(Cl)c1)c1cc(Cl)c(OC[C@H]2CO2)c(Cl)c1. The van der Waals surface area contributed by atoms with Crippen LogP contribution in [0.5, 0.6) is 11.5 Å². The van der Waals surface area contributed by atoms with Crippen molar-refractivity contribution in [3.63, 3.8) is 0 Å². The van der Waals surface area contributed by atoms with Crippen molar-refractivity contribution in [3.05, 3.63) is 44.4 Å². The highest BCUT2D eigenvalue weighted by Crippen LogP contribution is 2.40. The van der Waals surface area contributed by atoms with Crippen molar-refractivity contribution in [1.29, 1.82) is 0 Å². The average Bonchev–Trinajstić information content (AvgIpc) is 3.54. The zero-order valence-corrected chi connectivity index (χ0v) is 18.5. The number of hydrogen-bond donors (Lipinski definition) is 0. The lowest BCUT2D eigenvalue weighted by molar-refractivity contribution is 0.263. The number of benzene rings is 2. The second-order valence-corrected chi connectivity index (χ2v) is 10.0. The Morgan fingerprint density at radius 2 is 1.07 bits per heavy atom. The summed E-state index contributed by atoms with van der Waals surface area (Å²) in [5.41, 5.74) is 0. The van der Waals surface area contributed by atoms with Crippen molar-refractivity contribution in [3.8, 4) is 11.5 Å². The lowest BCUT2D eigenvalue weighted by Crippen LogP contribution is -2.08. The fraction of sp³-hybridized carbons (Fsp3) is 0.333. The van der Waals surface area contributed by atoms with E-state index in [0.717, 1.165) is 0 Å². The first-order valence-electron chi connectivity index (χ1n) is 8.47. The summed E-state index contributed by atoms with van der Waals surface area (Å²) in [6, 6.07) is 5.07. The van der Waals surface area contributed by atoms with Crippen LogP contribution in [0.4, 0.5) is 0 Å². The molecular weight excluding hydrogens is 486 g/mol. The van der Waals surface area contributed by atoms with Crippen LogP contribution in [-0.2, 0) is 19.3 Å². The van der Waals surface area contributed by atoms with E-state index in [4.69, 9.17) is 65.4 Å². The van der Waals surface area contributed by atoms with Crippen molar-refractivity contribution in [1.82, 2.24) is 0 Å². The topological polar surface area (TPSA) is 77.7 Å². The molecule has 156 valence electrons. The Hall–Kier alpha value is -0.930. The minimum Gasteiger partial charge on any atom is -0.488 e. The second kappa shape index (κ2) is 8.30. The maximum Gasteiger partial charge on any atom is 0.206 e. The Kier molecular flexibility index (Phi) is 6.10. The van der Waals surface area contributed by atoms with Crippen LogP contribution in [0.3, 0.4) is 0 Å². The maximum absolute atomic E-state index is 13.1. The van der Waals surface area contributed by atoms with Gasteiger partial charge in [0.05, 0.1) is 43.1 Å². The normalized spacial score (nSPS) is 20.4. The molecule has 11 heteroatoms. The molecule has 0 radical (unpaired) electrons. The molecule has 0 spiro atoms. The molecule has 2 heterocycles. The van der Waals surface area contributed by atoms with E-state index in [0.29, 0.717) is 13.2 Å². The van der Waals surface area contributed by atoms with Crippen LogP contribution in [0.1, 0.15) is 0 Å². The Morgan fingerprint density at radius 1 is 0.759 bits per heavy atom. The largest absolute Gasteiger partial charge is 0.488 e. The molecule has 0 N–H and O–H groups in total. The van der Waals surface area contributed by atoms with E-state index in [1.165, 1.54) is 24.3 Å². The number of hydrogen-bond acceptors (Lipinski definition) is 6. The summed E-state index contributed by atoms with van der Waals surface area (Å²) in [6.45, 7) is 1.78. The molecule has 2 aromatic carbocycles. The van der Waals surface area contributed by atoms with Crippen LogP contribution in [0.2, 0.25) is 20.1 Å². The average molecular weight is 500 g/mol. The summed E-state index contributed by atoms with van der Waals surface area (Å²) in [4.78, 5) is -0.232. The Bertz CT molecular complexity index is 927. The van der Waals surface area contributed by atoms with Crippen LogP contribution in [0, 0.1) is 0 Å². The standard InChI is InChI=1S/C18H14Cl4O6S/c19-13-1-11(2-14(20)17(13)27-7-9-5-25-9)29(23,24)12-3-15(21)18(16(22)4-12)28-8-10-6-26-10/h1-4,9-10H,5-8H2/t9-,10+. The summed E-state index contributed by atoms with van der Waals surface area (Å²) in [6.07, 6.45) is 0.00377. The lowest BCUT2D eigenvalue weighted by Gasteiger charge is -2.13. The predicted octanol–water partition coefficient (Wildman–Crippen LogP) is 4.69. The van der Waals surface area contributed by atoms with Crippen molar-refractivity contribution in [2.45, 2.75) is 22.0 Å². The van der Waals surface area contributed by atoms with E-state index in [-0.39, 0.29) is 66.8 Å². The third kappa shape index (κ3) is 4.88. The molecule has 0 unspecified atom stereocenters. The van der Waals surface area contributed by atoms with E-state index in [2.05, 4.69) is 0 Å². The molecule has 0 saturated carbocycles. The van der Waals surface area contributed by atoms with Crippen molar-refractivity contribution in [2.24, 2.45) is 0 Å². The summed E-state index contributed by atoms with van der Waals surface area (Å²) < 4.78 is 47.3. The van der Waals surface area contributed by atoms with Gasteiger partial charge in [-0.25, -0.2) is 8.42 Å². The van der Waals surface area contributed by atoms with Crippen molar-refractivity contribution < 1.29 is 27.4 Å². The Labute approximate surface area is 187 Å². The minimum absolute atomic E-state index is 0.00189. The van der Waals surface area contributed by atoms with E-state index in [1.54, 1.807) is 0 Å². The van der Waals surface area contributed by atoms with Crippen LogP contribution < -0.4 is 9.47 Å². The fourth-order valence-electron chi connectivity index (χ4n) is 2.48. The summed E-state index contributed by atoms with van der Waals surface area (Å²) in [5.74, 6) is 0.398. The molecule has 2 fully saturated rings. The lowest BCUT2D eigenvalue weighted by atomic mass is 10.3. The number of sulfone groups is 1. The van der Waals surface area contributed by atoms with Gasteiger partial charge >= 0.3 is 0 Å². The van der Waals surface area contributed by atoms with E-state index in [1.807, 2.05) is 0 Å². The summed E-state index contributed by atoms with van der Waals surface area (Å²) in [5, 5.41) is 0.272. The molecule has 0 amide bonds. The predicted molar refractivity (Wildman–Crippen MR) is 109 cm³/mol. The third-order valence-electron chi connectivity index (χ3n) is 4.20. The molecule has 2 atom stereocenters. The molecule has 0 aliphatic carbocycles. The number of halogens is 4. The van der Waals surface area contributed by atoms with Gasteiger partial charge in [-0.2, -0.15) is 0 Å². The molecule has 0 aromatic heterocycles. The van der Waals surface area contributed by atoms with E-state index < -0.39 is 9.84 Å². The molecule has 2 saturated heterocycles. The van der Waals surface area contributed by atoms with Gasteiger partial charge in [0.15, 0.2) is 11.5 Å². The van der Waals surface area contributed by atoms with Gasteiger partial charge in [-0.3, -0.25) is 0 Å². The van der Waals surface area contributed by atoms with Crippen LogP contribution in [0.25, 0.3) is 0 Å². The summed E-state index contributed by atoms with van der Waals surface area (Å²) >= 11 is 24.8. The number of ether oxygens (including phenoxy) is 4. The Morgan fingerprint density at radius 3 is 1.34 bits per heavy atom. The minimum atomic E-state index is -4.00. The molecule has 2 aromatic rings. The molecular formula is C18H14Cl4O6S. The molecule has 2 aliphatic rings. The quantitative estimate of drug-likeness (QED) is 0.490. The second-order valence-electron chi connectivity index (χ2n) is 6.47. The highest BCUT2D eigenvalue weighted by atomic mass is 35.5.